The van der Waals surface area contributed by atoms with Crippen LogP contribution in [0.5, 0.6) is 0 Å². The predicted octanol–water partition coefficient (Wildman–Crippen LogP) is 3.80. The summed E-state index contributed by atoms with van der Waals surface area (Å²) in [4.78, 5) is 20.3. The van der Waals surface area contributed by atoms with Crippen molar-refractivity contribution in [3.8, 4) is 0 Å². The molecule has 2 aromatic carbocycles. The van der Waals surface area contributed by atoms with Gasteiger partial charge in [0.05, 0.1) is 16.6 Å². The molecule has 8 nitrogen and oxygen atoms in total. The van der Waals surface area contributed by atoms with Gasteiger partial charge in [-0.2, -0.15) is 13.2 Å². The number of nitrogens with zero attached hydrogens (tertiary/aromatic N) is 4. The van der Waals surface area contributed by atoms with Crippen LogP contribution >= 0.6 is 0 Å². The van der Waals surface area contributed by atoms with Gasteiger partial charge in [0.25, 0.3) is 0 Å². The van der Waals surface area contributed by atoms with E-state index in [1.807, 2.05) is 0 Å². The van der Waals surface area contributed by atoms with Gasteiger partial charge in [-0.05, 0) is 24.3 Å². The Kier molecular flexibility index (Phi) is 4.84. The highest BCUT2D eigenvalue weighted by molar-refractivity contribution is 5.91. The minimum atomic E-state index is -4.58. The zero-order valence-corrected chi connectivity index (χ0v) is 16.7. The molecule has 5 rings (SSSR count). The number of aromatic amines is 1. The molecule has 5 aromatic rings. The number of hydrogen-bond acceptors (Lipinski definition) is 6. The molecule has 12 heteroatoms. The standard InChI is InChI=1S/C21H15F4N7O/c22-11-5-6-14-16(9-11)32-19(30-31-20(32)33)18(29-14)27-8-7-26-15-10-17(21(23,24)25)28-13-4-2-1-3-12(13)15/h1-6,9-10H,7-8H2,(H,26,28)(H,27,29)(H,31,33). The summed E-state index contributed by atoms with van der Waals surface area (Å²) in [6.45, 7) is 0.476. The van der Waals surface area contributed by atoms with Crippen molar-refractivity contribution in [1.82, 2.24) is 24.6 Å². The molecule has 3 heterocycles. The normalized spacial score (nSPS) is 12.0. The average molecular weight is 457 g/mol. The molecule has 0 radical (unpaired) electrons. The molecule has 168 valence electrons. The van der Waals surface area contributed by atoms with Crippen molar-refractivity contribution in [3.05, 3.63) is 70.5 Å². The Balaban J connectivity index is 1.40. The van der Waals surface area contributed by atoms with Gasteiger partial charge in [-0.1, -0.05) is 18.2 Å². The fourth-order valence-corrected chi connectivity index (χ4v) is 3.58. The Bertz CT molecular complexity index is 1560. The van der Waals surface area contributed by atoms with E-state index in [0.29, 0.717) is 10.9 Å². The Morgan fingerprint density at radius 2 is 1.76 bits per heavy atom. The summed E-state index contributed by atoms with van der Waals surface area (Å²) in [6, 6.07) is 11.4. The third-order valence-electron chi connectivity index (χ3n) is 5.03. The first-order valence-corrected chi connectivity index (χ1v) is 9.82. The topological polar surface area (TPSA) is 100 Å². The lowest BCUT2D eigenvalue weighted by Crippen LogP contribution is -2.17. The summed E-state index contributed by atoms with van der Waals surface area (Å²) < 4.78 is 54.6. The number of nitrogens with one attached hydrogen (secondary N) is 3. The summed E-state index contributed by atoms with van der Waals surface area (Å²) in [6.07, 6.45) is -4.58. The minimum absolute atomic E-state index is 0.173. The van der Waals surface area contributed by atoms with Crippen molar-refractivity contribution in [2.24, 2.45) is 0 Å². The first kappa shape index (κ1) is 20.7. The second kappa shape index (κ2) is 7.73. The number of alkyl halides is 3. The van der Waals surface area contributed by atoms with E-state index in [1.165, 1.54) is 28.7 Å². The Morgan fingerprint density at radius 3 is 2.58 bits per heavy atom. The second-order valence-corrected chi connectivity index (χ2v) is 7.20. The summed E-state index contributed by atoms with van der Waals surface area (Å²) >= 11 is 0. The summed E-state index contributed by atoms with van der Waals surface area (Å²) in [5.74, 6) is -0.253. The molecule has 0 saturated heterocycles. The number of H-pyrrole nitrogens is 1. The molecule has 0 bridgehead atoms. The molecule has 0 spiro atoms. The number of pyridine rings is 1. The lowest BCUT2D eigenvalue weighted by atomic mass is 10.1. The van der Waals surface area contributed by atoms with Gasteiger partial charge < -0.3 is 10.6 Å². The SMILES string of the molecule is O=c1[nH]nc2c(NCCNc3cc(C(F)(F)F)nc4ccccc34)nc3ccc(F)cc3n12. The fourth-order valence-electron chi connectivity index (χ4n) is 3.58. The van der Waals surface area contributed by atoms with Crippen LogP contribution in [0.1, 0.15) is 5.69 Å². The monoisotopic (exact) mass is 457 g/mol. The Labute approximate surface area is 182 Å². The fraction of sp³-hybridized carbons (Fsp3) is 0.143. The number of anilines is 2. The van der Waals surface area contributed by atoms with Gasteiger partial charge in [-0.25, -0.2) is 28.7 Å². The summed E-state index contributed by atoms with van der Waals surface area (Å²) in [7, 11) is 0. The molecular weight excluding hydrogens is 442 g/mol. The number of benzene rings is 2. The molecule has 0 aliphatic heterocycles. The smallest absolute Gasteiger partial charge is 0.383 e. The van der Waals surface area contributed by atoms with E-state index in [9.17, 15) is 22.4 Å². The lowest BCUT2D eigenvalue weighted by molar-refractivity contribution is -0.140. The maximum Gasteiger partial charge on any atom is 0.433 e. The highest BCUT2D eigenvalue weighted by Crippen LogP contribution is 2.33. The lowest BCUT2D eigenvalue weighted by Gasteiger charge is -2.14. The molecule has 0 unspecified atom stereocenters. The predicted molar refractivity (Wildman–Crippen MR) is 115 cm³/mol. The van der Waals surface area contributed by atoms with Crippen LogP contribution < -0.4 is 16.3 Å². The molecule has 33 heavy (non-hydrogen) atoms. The summed E-state index contributed by atoms with van der Waals surface area (Å²) in [5, 5.41) is 12.8. The van der Waals surface area contributed by atoms with Crippen LogP contribution in [0.4, 0.5) is 29.1 Å². The van der Waals surface area contributed by atoms with Gasteiger partial charge in [0.15, 0.2) is 5.82 Å². The first-order chi connectivity index (χ1) is 15.8. The molecular formula is C21H15F4N7O. The molecule has 0 aliphatic rings. The van der Waals surface area contributed by atoms with E-state index < -0.39 is 23.4 Å². The van der Waals surface area contributed by atoms with E-state index in [0.717, 1.165) is 6.07 Å². The van der Waals surface area contributed by atoms with Crippen LogP contribution in [0.15, 0.2) is 53.3 Å². The van der Waals surface area contributed by atoms with Gasteiger partial charge >= 0.3 is 11.9 Å². The zero-order chi connectivity index (χ0) is 23.2. The Morgan fingerprint density at radius 1 is 0.970 bits per heavy atom. The van der Waals surface area contributed by atoms with E-state index in [-0.39, 0.29) is 41.3 Å². The third kappa shape index (κ3) is 3.79. The largest absolute Gasteiger partial charge is 0.433 e. The van der Waals surface area contributed by atoms with Crippen molar-refractivity contribution in [1.29, 1.82) is 0 Å². The van der Waals surface area contributed by atoms with Crippen molar-refractivity contribution in [3.63, 3.8) is 0 Å². The van der Waals surface area contributed by atoms with Crippen LogP contribution in [0, 0.1) is 5.82 Å². The van der Waals surface area contributed by atoms with Crippen molar-refractivity contribution >= 4 is 39.1 Å². The molecule has 0 aliphatic carbocycles. The zero-order valence-electron chi connectivity index (χ0n) is 16.7. The molecule has 3 N–H and O–H groups in total. The van der Waals surface area contributed by atoms with Crippen molar-refractivity contribution < 1.29 is 17.6 Å². The maximum absolute atomic E-state index is 13.7. The van der Waals surface area contributed by atoms with Crippen LogP contribution in [-0.4, -0.2) is 37.7 Å². The number of rotatable bonds is 5. The third-order valence-corrected chi connectivity index (χ3v) is 5.03. The number of hydrogen-bond donors (Lipinski definition) is 3. The summed E-state index contributed by atoms with van der Waals surface area (Å²) in [5.41, 5.74) is -0.216. The van der Waals surface area contributed by atoms with Crippen LogP contribution in [0.25, 0.3) is 27.6 Å². The quantitative estimate of drug-likeness (QED) is 0.274. The van der Waals surface area contributed by atoms with E-state index in [2.05, 4.69) is 30.8 Å². The van der Waals surface area contributed by atoms with Gasteiger partial charge in [-0.3, -0.25) is 0 Å². The van der Waals surface area contributed by atoms with Gasteiger partial charge in [0.2, 0.25) is 5.65 Å². The van der Waals surface area contributed by atoms with Crippen molar-refractivity contribution in [2.75, 3.05) is 23.7 Å². The molecule has 0 amide bonds. The van der Waals surface area contributed by atoms with Gasteiger partial charge in [0, 0.05) is 30.2 Å². The first-order valence-electron chi connectivity index (χ1n) is 9.82. The average Bonchev–Trinajstić information content (AvgIpc) is 3.18. The van der Waals surface area contributed by atoms with E-state index in [1.54, 1.807) is 18.2 Å². The van der Waals surface area contributed by atoms with Crippen LogP contribution in [-0.2, 0) is 6.18 Å². The molecule has 3 aromatic heterocycles. The molecule has 0 atom stereocenters. The van der Waals surface area contributed by atoms with Gasteiger partial charge in [0.1, 0.15) is 11.5 Å². The van der Waals surface area contributed by atoms with Gasteiger partial charge in [-0.15, -0.1) is 5.10 Å². The molecule has 0 saturated carbocycles. The number of para-hydroxylation sites is 1. The second-order valence-electron chi connectivity index (χ2n) is 7.20. The molecule has 0 fully saturated rings. The van der Waals surface area contributed by atoms with E-state index in [4.69, 9.17) is 0 Å². The number of fused-ring (bicyclic) bond motifs is 4. The maximum atomic E-state index is 13.7. The van der Waals surface area contributed by atoms with Crippen LogP contribution in [0.2, 0.25) is 0 Å². The van der Waals surface area contributed by atoms with Crippen molar-refractivity contribution in [2.45, 2.75) is 6.18 Å². The van der Waals surface area contributed by atoms with E-state index >= 15 is 0 Å². The number of aromatic nitrogens is 5. The highest BCUT2D eigenvalue weighted by Gasteiger charge is 2.33. The van der Waals surface area contributed by atoms with Crippen LogP contribution in [0.3, 0.4) is 0 Å². The number of halogens is 4. The minimum Gasteiger partial charge on any atom is -0.383 e. The highest BCUT2D eigenvalue weighted by atomic mass is 19.4. The Hall–Kier alpha value is -4.22.